The Morgan fingerprint density at radius 1 is 1.06 bits per heavy atom. The molecule has 0 unspecified atom stereocenters. The van der Waals surface area contributed by atoms with Gasteiger partial charge >= 0.3 is 0 Å². The monoisotopic (exact) mass is 441 g/mol. The van der Waals surface area contributed by atoms with E-state index in [-0.39, 0.29) is 0 Å². The van der Waals surface area contributed by atoms with Crippen molar-refractivity contribution in [2.75, 3.05) is 52.0 Å². The van der Waals surface area contributed by atoms with Crippen molar-refractivity contribution in [3.63, 3.8) is 0 Å². The molecule has 0 radical (unpaired) electrons. The van der Waals surface area contributed by atoms with Gasteiger partial charge in [0.15, 0.2) is 0 Å². The molecule has 32 heavy (non-hydrogen) atoms. The van der Waals surface area contributed by atoms with Gasteiger partial charge in [0.25, 0.3) is 0 Å². The van der Waals surface area contributed by atoms with Gasteiger partial charge in [-0.05, 0) is 31.9 Å². The number of aromatic nitrogens is 4. The quantitative estimate of drug-likeness (QED) is 0.506. The molecule has 1 aliphatic heterocycles. The topological polar surface area (TPSA) is 94.8 Å². The number of nitrogens with zero attached hydrogens (tertiary/aromatic N) is 5. The molecule has 3 aromatic rings. The highest BCUT2D eigenvalue weighted by molar-refractivity contribution is 5.95. The van der Waals surface area contributed by atoms with Crippen LogP contribution in [0.2, 0.25) is 0 Å². The van der Waals surface area contributed by atoms with E-state index >= 15 is 0 Å². The van der Waals surface area contributed by atoms with Crippen LogP contribution < -0.4 is 9.64 Å². The molecular formula is C23H31N5O4. The van der Waals surface area contributed by atoms with Gasteiger partial charge in [-0.1, -0.05) is 0 Å². The lowest BCUT2D eigenvalue weighted by atomic mass is 9.94. The predicted molar refractivity (Wildman–Crippen MR) is 122 cm³/mol. The number of benzene rings is 1. The first kappa shape index (κ1) is 22.4. The fraction of sp³-hybridized carbons (Fsp3) is 0.522. The lowest BCUT2D eigenvalue weighted by molar-refractivity contribution is 0.0350. The number of hydrogen-bond acceptors (Lipinski definition) is 8. The van der Waals surface area contributed by atoms with E-state index in [1.165, 1.54) is 0 Å². The number of piperidine rings is 1. The number of ether oxygens (including phenoxy) is 3. The molecule has 0 saturated carbocycles. The lowest BCUT2D eigenvalue weighted by Gasteiger charge is -2.36. The molecule has 9 heteroatoms. The van der Waals surface area contributed by atoms with Crippen molar-refractivity contribution in [2.24, 2.45) is 0 Å². The Labute approximate surface area is 187 Å². The maximum absolute atomic E-state index is 10.2. The zero-order chi connectivity index (χ0) is 22.6. The van der Waals surface area contributed by atoms with E-state index in [9.17, 15) is 5.11 Å². The Balaban J connectivity index is 1.57. The Kier molecular flexibility index (Phi) is 6.88. The minimum Gasteiger partial charge on any atom is -0.494 e. The van der Waals surface area contributed by atoms with E-state index in [4.69, 9.17) is 24.2 Å². The molecule has 0 spiro atoms. The van der Waals surface area contributed by atoms with Crippen molar-refractivity contribution in [3.8, 4) is 16.9 Å². The molecule has 0 atom stereocenters. The maximum Gasteiger partial charge on any atom is 0.148 e. The van der Waals surface area contributed by atoms with Crippen molar-refractivity contribution >= 4 is 16.9 Å². The van der Waals surface area contributed by atoms with E-state index in [1.54, 1.807) is 20.4 Å². The Bertz CT molecular complexity index is 1040. The second-order valence-corrected chi connectivity index (χ2v) is 8.32. The standard InChI is InChI=1S/C23H31N5O4/c1-23(29)6-8-27(9-7-23)20-15-24-21-18(4-5-19(31-3)22(21)26-20)17-14-25-28(16-17)10-11-32-13-12-30-2/h4-5,14-16,29H,6-13H2,1-3H3. The van der Waals surface area contributed by atoms with Crippen LogP contribution in [0.25, 0.3) is 22.2 Å². The highest BCUT2D eigenvalue weighted by atomic mass is 16.5. The van der Waals surface area contributed by atoms with Gasteiger partial charge in [-0.25, -0.2) is 9.97 Å². The van der Waals surface area contributed by atoms with Crippen molar-refractivity contribution < 1.29 is 19.3 Å². The van der Waals surface area contributed by atoms with Crippen LogP contribution in [0.4, 0.5) is 5.82 Å². The second kappa shape index (κ2) is 9.81. The van der Waals surface area contributed by atoms with Crippen LogP contribution >= 0.6 is 0 Å². The molecule has 0 bridgehead atoms. The summed E-state index contributed by atoms with van der Waals surface area (Å²) in [5.41, 5.74) is 2.79. The molecule has 3 heterocycles. The third kappa shape index (κ3) is 5.01. The molecule has 1 aliphatic rings. The number of aliphatic hydroxyl groups is 1. The van der Waals surface area contributed by atoms with E-state index in [2.05, 4.69) is 10.00 Å². The largest absolute Gasteiger partial charge is 0.494 e. The third-order valence-corrected chi connectivity index (χ3v) is 5.87. The number of methoxy groups -OCH3 is 2. The fourth-order valence-electron chi connectivity index (χ4n) is 3.86. The van der Waals surface area contributed by atoms with E-state index in [1.807, 2.05) is 36.1 Å². The third-order valence-electron chi connectivity index (χ3n) is 5.87. The molecule has 1 N–H and O–H groups in total. The minimum absolute atomic E-state index is 0.569. The highest BCUT2D eigenvalue weighted by Crippen LogP contribution is 2.34. The fourth-order valence-corrected chi connectivity index (χ4v) is 3.86. The summed E-state index contributed by atoms with van der Waals surface area (Å²) >= 11 is 0. The Morgan fingerprint density at radius 3 is 2.62 bits per heavy atom. The smallest absolute Gasteiger partial charge is 0.148 e. The maximum atomic E-state index is 10.2. The number of hydrogen-bond donors (Lipinski definition) is 1. The molecular weight excluding hydrogens is 410 g/mol. The van der Waals surface area contributed by atoms with Gasteiger partial charge in [0.1, 0.15) is 22.6 Å². The van der Waals surface area contributed by atoms with Gasteiger partial charge in [0, 0.05) is 37.5 Å². The van der Waals surface area contributed by atoms with Crippen molar-refractivity contribution in [1.82, 2.24) is 19.7 Å². The average Bonchev–Trinajstić information content (AvgIpc) is 3.26. The molecule has 1 fully saturated rings. The van der Waals surface area contributed by atoms with Crippen LogP contribution in [0.15, 0.2) is 30.7 Å². The summed E-state index contributed by atoms with van der Waals surface area (Å²) in [4.78, 5) is 11.8. The SMILES string of the molecule is COCCOCCn1cc(-c2ccc(OC)c3nc(N4CCC(C)(O)CC4)cnc23)cn1. The van der Waals surface area contributed by atoms with E-state index in [0.29, 0.717) is 45.0 Å². The van der Waals surface area contributed by atoms with Crippen molar-refractivity contribution in [1.29, 1.82) is 0 Å². The molecule has 1 saturated heterocycles. The minimum atomic E-state index is -0.611. The summed E-state index contributed by atoms with van der Waals surface area (Å²) in [6, 6.07) is 3.91. The van der Waals surface area contributed by atoms with Crippen LogP contribution in [0.1, 0.15) is 19.8 Å². The zero-order valence-electron chi connectivity index (χ0n) is 19.0. The van der Waals surface area contributed by atoms with Crippen LogP contribution in [-0.2, 0) is 16.0 Å². The molecule has 9 nitrogen and oxygen atoms in total. The number of anilines is 1. The molecule has 0 aliphatic carbocycles. The predicted octanol–water partition coefficient (Wildman–Crippen LogP) is 2.52. The van der Waals surface area contributed by atoms with E-state index in [0.717, 1.165) is 41.1 Å². The molecule has 4 rings (SSSR count). The van der Waals surface area contributed by atoms with Crippen LogP contribution in [0, 0.1) is 0 Å². The van der Waals surface area contributed by atoms with Crippen molar-refractivity contribution in [2.45, 2.75) is 31.9 Å². The Morgan fingerprint density at radius 2 is 1.88 bits per heavy atom. The zero-order valence-corrected chi connectivity index (χ0v) is 19.0. The Hall–Kier alpha value is -2.75. The first-order valence-electron chi connectivity index (χ1n) is 10.9. The van der Waals surface area contributed by atoms with Gasteiger partial charge in [0.05, 0.1) is 51.5 Å². The number of rotatable bonds is 9. The lowest BCUT2D eigenvalue weighted by Crippen LogP contribution is -2.42. The summed E-state index contributed by atoms with van der Waals surface area (Å²) < 4.78 is 18.0. The summed E-state index contributed by atoms with van der Waals surface area (Å²) in [6.07, 6.45) is 7.04. The molecule has 1 aromatic carbocycles. The first-order chi connectivity index (χ1) is 15.5. The van der Waals surface area contributed by atoms with Crippen LogP contribution in [0.3, 0.4) is 0 Å². The van der Waals surface area contributed by atoms with Gasteiger partial charge in [-0.2, -0.15) is 5.10 Å². The highest BCUT2D eigenvalue weighted by Gasteiger charge is 2.28. The van der Waals surface area contributed by atoms with Gasteiger partial charge in [0.2, 0.25) is 0 Å². The van der Waals surface area contributed by atoms with Gasteiger partial charge in [-0.15, -0.1) is 0 Å². The summed E-state index contributed by atoms with van der Waals surface area (Å²) in [6.45, 7) is 5.76. The summed E-state index contributed by atoms with van der Waals surface area (Å²) in [5, 5.41) is 14.7. The van der Waals surface area contributed by atoms with Gasteiger partial charge < -0.3 is 24.2 Å². The number of fused-ring (bicyclic) bond motifs is 1. The average molecular weight is 442 g/mol. The van der Waals surface area contributed by atoms with Crippen molar-refractivity contribution in [3.05, 3.63) is 30.7 Å². The summed E-state index contributed by atoms with van der Waals surface area (Å²) in [7, 11) is 3.30. The van der Waals surface area contributed by atoms with Crippen LogP contribution in [0.5, 0.6) is 5.75 Å². The first-order valence-corrected chi connectivity index (χ1v) is 10.9. The van der Waals surface area contributed by atoms with Crippen LogP contribution in [-0.4, -0.2) is 77.6 Å². The molecule has 2 aromatic heterocycles. The normalized spacial score (nSPS) is 15.9. The summed E-state index contributed by atoms with van der Waals surface area (Å²) in [5.74, 6) is 1.48. The van der Waals surface area contributed by atoms with Gasteiger partial charge in [-0.3, -0.25) is 4.68 Å². The molecule has 172 valence electrons. The molecule has 0 amide bonds. The second-order valence-electron chi connectivity index (χ2n) is 8.32. The van der Waals surface area contributed by atoms with E-state index < -0.39 is 5.60 Å².